The van der Waals surface area contributed by atoms with Gasteiger partial charge < -0.3 is 10.4 Å². The Morgan fingerprint density at radius 3 is 2.71 bits per heavy atom. The van der Waals surface area contributed by atoms with Crippen LogP contribution < -0.4 is 10.2 Å². The second-order valence-electron chi connectivity index (χ2n) is 5.89. The number of carboxylic acids is 1. The Labute approximate surface area is 123 Å². The second kappa shape index (κ2) is 5.85. The summed E-state index contributed by atoms with van der Waals surface area (Å²) >= 11 is 0. The fraction of sp³-hybridized carbons (Fsp3) is 0.500. The zero-order valence-electron chi connectivity index (χ0n) is 11.9. The van der Waals surface area contributed by atoms with Crippen molar-refractivity contribution in [2.24, 2.45) is 11.8 Å². The number of nitrogens with zero attached hydrogens (tertiary/aromatic N) is 1. The van der Waals surface area contributed by atoms with E-state index in [4.69, 9.17) is 5.11 Å². The van der Waals surface area contributed by atoms with Crippen molar-refractivity contribution in [1.29, 1.82) is 0 Å². The first-order valence-electron chi connectivity index (χ1n) is 7.48. The van der Waals surface area contributed by atoms with E-state index in [9.17, 15) is 9.59 Å². The van der Waals surface area contributed by atoms with Crippen molar-refractivity contribution in [3.05, 3.63) is 30.3 Å². The molecule has 0 bridgehead atoms. The van der Waals surface area contributed by atoms with Crippen LogP contribution in [-0.4, -0.2) is 36.1 Å². The van der Waals surface area contributed by atoms with Gasteiger partial charge in [0.05, 0.1) is 6.04 Å². The van der Waals surface area contributed by atoms with E-state index in [1.165, 1.54) is 17.7 Å². The molecule has 3 atom stereocenters. The standard InChI is InChI=1S/C16H20N2O3/c19-14(20)10-18(12-6-2-1-3-7-12)16(21)15-13-8-4-5-11(13)9-17-15/h1-3,6-7,11,13,15,17H,4-5,8-10H2,(H,19,20). The number of anilines is 1. The molecule has 1 amide bonds. The molecular weight excluding hydrogens is 268 g/mol. The average molecular weight is 288 g/mol. The minimum Gasteiger partial charge on any atom is -0.480 e. The number of nitrogens with one attached hydrogen (secondary N) is 1. The molecule has 0 radical (unpaired) electrons. The summed E-state index contributed by atoms with van der Waals surface area (Å²) in [7, 11) is 0. The van der Waals surface area contributed by atoms with E-state index in [0.29, 0.717) is 17.5 Å². The number of rotatable bonds is 4. The molecule has 1 aromatic rings. The van der Waals surface area contributed by atoms with Gasteiger partial charge in [-0.15, -0.1) is 0 Å². The van der Waals surface area contributed by atoms with Gasteiger partial charge in [-0.25, -0.2) is 0 Å². The Morgan fingerprint density at radius 2 is 2.00 bits per heavy atom. The number of carbonyl (C=O) groups excluding carboxylic acids is 1. The lowest BCUT2D eigenvalue weighted by Crippen LogP contribution is -2.48. The molecule has 1 saturated heterocycles. The first-order valence-corrected chi connectivity index (χ1v) is 7.48. The number of benzene rings is 1. The molecule has 0 spiro atoms. The van der Waals surface area contributed by atoms with Crippen LogP contribution in [0, 0.1) is 11.8 Å². The van der Waals surface area contributed by atoms with Crippen molar-refractivity contribution in [2.45, 2.75) is 25.3 Å². The highest BCUT2D eigenvalue weighted by molar-refractivity contribution is 6.00. The number of amides is 1. The van der Waals surface area contributed by atoms with Gasteiger partial charge in [-0.1, -0.05) is 24.6 Å². The SMILES string of the molecule is O=C(O)CN(C(=O)C1NCC2CCCC21)c1ccccc1. The highest BCUT2D eigenvalue weighted by atomic mass is 16.4. The van der Waals surface area contributed by atoms with Crippen molar-refractivity contribution in [2.75, 3.05) is 18.0 Å². The summed E-state index contributed by atoms with van der Waals surface area (Å²) in [6.07, 6.45) is 3.40. The van der Waals surface area contributed by atoms with Crippen molar-refractivity contribution < 1.29 is 14.7 Å². The van der Waals surface area contributed by atoms with Gasteiger partial charge in [0, 0.05) is 5.69 Å². The number of hydrogen-bond acceptors (Lipinski definition) is 3. The Morgan fingerprint density at radius 1 is 1.24 bits per heavy atom. The number of hydrogen-bond donors (Lipinski definition) is 2. The summed E-state index contributed by atoms with van der Waals surface area (Å²) in [6.45, 7) is 0.579. The Balaban J connectivity index is 1.82. The lowest BCUT2D eigenvalue weighted by atomic mass is 9.93. The number of carbonyl (C=O) groups is 2. The lowest BCUT2D eigenvalue weighted by Gasteiger charge is -2.27. The van der Waals surface area contributed by atoms with Crippen LogP contribution in [0.2, 0.25) is 0 Å². The van der Waals surface area contributed by atoms with E-state index in [1.54, 1.807) is 12.1 Å². The lowest BCUT2D eigenvalue weighted by molar-refractivity contribution is -0.137. The van der Waals surface area contributed by atoms with E-state index in [0.717, 1.165) is 13.0 Å². The van der Waals surface area contributed by atoms with Gasteiger partial charge in [-0.05, 0) is 43.4 Å². The third-order valence-electron chi connectivity index (χ3n) is 4.64. The quantitative estimate of drug-likeness (QED) is 0.881. The van der Waals surface area contributed by atoms with Gasteiger partial charge >= 0.3 is 5.97 Å². The van der Waals surface area contributed by atoms with Crippen LogP contribution in [0.25, 0.3) is 0 Å². The van der Waals surface area contributed by atoms with E-state index in [-0.39, 0.29) is 18.5 Å². The van der Waals surface area contributed by atoms with E-state index in [2.05, 4.69) is 5.32 Å². The van der Waals surface area contributed by atoms with Crippen molar-refractivity contribution in [3.63, 3.8) is 0 Å². The fourth-order valence-corrected chi connectivity index (χ4v) is 3.67. The second-order valence-corrected chi connectivity index (χ2v) is 5.89. The third kappa shape index (κ3) is 2.78. The first-order chi connectivity index (χ1) is 10.2. The molecular formula is C16H20N2O3. The van der Waals surface area contributed by atoms with Crippen LogP contribution in [0.15, 0.2) is 30.3 Å². The minimum atomic E-state index is -0.992. The summed E-state index contributed by atoms with van der Waals surface area (Å²) in [4.78, 5) is 25.3. The summed E-state index contributed by atoms with van der Waals surface area (Å²) in [6, 6.07) is 8.81. The van der Waals surface area contributed by atoms with E-state index >= 15 is 0 Å². The maximum atomic E-state index is 12.8. The Bertz CT molecular complexity index is 532. The summed E-state index contributed by atoms with van der Waals surface area (Å²) in [5, 5.41) is 12.4. The monoisotopic (exact) mass is 288 g/mol. The van der Waals surface area contributed by atoms with Crippen LogP contribution >= 0.6 is 0 Å². The molecule has 21 heavy (non-hydrogen) atoms. The van der Waals surface area contributed by atoms with Crippen molar-refractivity contribution >= 4 is 17.6 Å². The predicted octanol–water partition coefficient (Wildman–Crippen LogP) is 1.49. The number of aliphatic carboxylic acids is 1. The molecule has 3 rings (SSSR count). The van der Waals surface area contributed by atoms with Crippen LogP contribution in [0.3, 0.4) is 0 Å². The zero-order valence-corrected chi connectivity index (χ0v) is 11.9. The van der Waals surface area contributed by atoms with Crippen LogP contribution in [0.1, 0.15) is 19.3 Å². The molecule has 2 fully saturated rings. The zero-order chi connectivity index (χ0) is 14.8. The van der Waals surface area contributed by atoms with Gasteiger partial charge in [0.25, 0.3) is 0 Å². The normalized spacial score (nSPS) is 27.3. The van der Waals surface area contributed by atoms with Gasteiger partial charge in [0.15, 0.2) is 0 Å². The highest BCUT2D eigenvalue weighted by Gasteiger charge is 2.44. The van der Waals surface area contributed by atoms with E-state index in [1.807, 2.05) is 18.2 Å². The first kappa shape index (κ1) is 14.1. The van der Waals surface area contributed by atoms with Gasteiger partial charge in [-0.3, -0.25) is 14.5 Å². The topological polar surface area (TPSA) is 69.6 Å². The van der Waals surface area contributed by atoms with Crippen molar-refractivity contribution in [1.82, 2.24) is 5.32 Å². The molecule has 0 aromatic heterocycles. The van der Waals surface area contributed by atoms with E-state index < -0.39 is 5.97 Å². The molecule has 2 N–H and O–H groups in total. The largest absolute Gasteiger partial charge is 0.480 e. The number of fused-ring (bicyclic) bond motifs is 1. The molecule has 1 saturated carbocycles. The van der Waals surface area contributed by atoms with Gasteiger partial charge in [0.2, 0.25) is 5.91 Å². The smallest absolute Gasteiger partial charge is 0.323 e. The molecule has 5 heteroatoms. The molecule has 1 heterocycles. The molecule has 3 unspecified atom stereocenters. The molecule has 1 aromatic carbocycles. The van der Waals surface area contributed by atoms with Crippen LogP contribution in [0.5, 0.6) is 0 Å². The fourth-order valence-electron chi connectivity index (χ4n) is 3.67. The summed E-state index contributed by atoms with van der Waals surface area (Å²) < 4.78 is 0. The predicted molar refractivity (Wildman–Crippen MR) is 79.1 cm³/mol. The highest BCUT2D eigenvalue weighted by Crippen LogP contribution is 2.38. The molecule has 112 valence electrons. The van der Waals surface area contributed by atoms with Gasteiger partial charge in [-0.2, -0.15) is 0 Å². The summed E-state index contributed by atoms with van der Waals surface area (Å²) in [5.41, 5.74) is 0.646. The van der Waals surface area contributed by atoms with Crippen molar-refractivity contribution in [3.8, 4) is 0 Å². The van der Waals surface area contributed by atoms with Crippen LogP contribution in [-0.2, 0) is 9.59 Å². The minimum absolute atomic E-state index is 0.113. The number of carboxylic acid groups (broad SMARTS) is 1. The molecule has 2 aliphatic rings. The van der Waals surface area contributed by atoms with Gasteiger partial charge in [0.1, 0.15) is 6.54 Å². The Kier molecular flexibility index (Phi) is 3.92. The molecule has 1 aliphatic heterocycles. The maximum absolute atomic E-state index is 12.8. The van der Waals surface area contributed by atoms with Crippen LogP contribution in [0.4, 0.5) is 5.69 Å². The molecule has 1 aliphatic carbocycles. The number of para-hydroxylation sites is 1. The Hall–Kier alpha value is -1.88. The average Bonchev–Trinajstić information content (AvgIpc) is 3.07. The third-order valence-corrected chi connectivity index (χ3v) is 4.64. The summed E-state index contributed by atoms with van der Waals surface area (Å²) in [5.74, 6) is -0.176. The maximum Gasteiger partial charge on any atom is 0.323 e. The molecule has 5 nitrogen and oxygen atoms in total.